The van der Waals surface area contributed by atoms with Gasteiger partial charge in [0.1, 0.15) is 12.7 Å². The molecule has 1 aliphatic heterocycles. The molecule has 1 aromatic carbocycles. The lowest BCUT2D eigenvalue weighted by molar-refractivity contribution is -0.122. The lowest BCUT2D eigenvalue weighted by atomic mass is 10.2. The minimum absolute atomic E-state index is 0.0802. The van der Waals surface area contributed by atoms with Gasteiger partial charge in [-0.2, -0.15) is 0 Å². The van der Waals surface area contributed by atoms with Crippen LogP contribution in [0.2, 0.25) is 0 Å². The van der Waals surface area contributed by atoms with Gasteiger partial charge in [-0.1, -0.05) is 12.1 Å². The van der Waals surface area contributed by atoms with E-state index in [0.717, 1.165) is 5.75 Å². The molecule has 0 bridgehead atoms. The number of carbonyl (C=O) groups is 1. The Morgan fingerprint density at radius 2 is 2.21 bits per heavy atom. The molecule has 0 aromatic heterocycles. The molecule has 0 radical (unpaired) electrons. The highest BCUT2D eigenvalue weighted by Gasteiger charge is 2.20. The molecule has 1 aromatic rings. The van der Waals surface area contributed by atoms with Gasteiger partial charge in [-0.05, 0) is 25.5 Å². The third-order valence-electron chi connectivity index (χ3n) is 2.88. The Hall–Kier alpha value is -1.75. The van der Waals surface area contributed by atoms with E-state index < -0.39 is 6.10 Å². The van der Waals surface area contributed by atoms with Crippen LogP contribution in [-0.2, 0) is 4.79 Å². The van der Waals surface area contributed by atoms with Crippen LogP contribution in [-0.4, -0.2) is 36.4 Å². The summed E-state index contributed by atoms with van der Waals surface area (Å²) in [4.78, 5) is 11.5. The van der Waals surface area contributed by atoms with Crippen LogP contribution >= 0.6 is 0 Å². The molecule has 0 saturated carbocycles. The molecule has 1 heterocycles. The van der Waals surface area contributed by atoms with Gasteiger partial charge >= 0.3 is 0 Å². The zero-order valence-corrected chi connectivity index (χ0v) is 11.0. The lowest BCUT2D eigenvalue weighted by Gasteiger charge is -2.26. The minimum Gasteiger partial charge on any atom is -0.486 e. The van der Waals surface area contributed by atoms with Crippen LogP contribution in [0.1, 0.15) is 19.8 Å². The SMILES string of the molecule is CC(O)CCC(=O)NCC1COc2ccccc2O1. The molecule has 0 fully saturated rings. The van der Waals surface area contributed by atoms with E-state index in [4.69, 9.17) is 14.6 Å². The largest absolute Gasteiger partial charge is 0.486 e. The summed E-state index contributed by atoms with van der Waals surface area (Å²) in [5, 5.41) is 11.9. The third-order valence-corrected chi connectivity index (χ3v) is 2.88. The molecule has 1 amide bonds. The van der Waals surface area contributed by atoms with Crippen LogP contribution in [0.5, 0.6) is 11.5 Å². The number of fused-ring (bicyclic) bond motifs is 1. The van der Waals surface area contributed by atoms with E-state index in [2.05, 4.69) is 5.32 Å². The van der Waals surface area contributed by atoms with Gasteiger partial charge in [-0.15, -0.1) is 0 Å². The van der Waals surface area contributed by atoms with E-state index in [0.29, 0.717) is 31.7 Å². The van der Waals surface area contributed by atoms with E-state index in [1.807, 2.05) is 24.3 Å². The fraction of sp³-hybridized carbons (Fsp3) is 0.500. The van der Waals surface area contributed by atoms with Crippen molar-refractivity contribution in [3.63, 3.8) is 0 Å². The van der Waals surface area contributed by atoms with Crippen LogP contribution in [0, 0.1) is 0 Å². The highest BCUT2D eigenvalue weighted by molar-refractivity contribution is 5.75. The number of carbonyl (C=O) groups excluding carboxylic acids is 1. The number of aliphatic hydroxyl groups excluding tert-OH is 1. The Labute approximate surface area is 112 Å². The first kappa shape index (κ1) is 13.7. The first-order chi connectivity index (χ1) is 9.15. The van der Waals surface area contributed by atoms with Gasteiger partial charge in [0.25, 0.3) is 0 Å². The first-order valence-corrected chi connectivity index (χ1v) is 6.48. The summed E-state index contributed by atoms with van der Waals surface area (Å²) in [6.45, 7) is 2.50. The van der Waals surface area contributed by atoms with Crippen molar-refractivity contribution in [1.29, 1.82) is 0 Å². The first-order valence-electron chi connectivity index (χ1n) is 6.48. The molecule has 2 N–H and O–H groups in total. The number of amides is 1. The maximum atomic E-state index is 11.5. The van der Waals surface area contributed by atoms with Crippen molar-refractivity contribution in [2.75, 3.05) is 13.2 Å². The van der Waals surface area contributed by atoms with Gasteiger partial charge in [0.15, 0.2) is 11.5 Å². The molecule has 5 heteroatoms. The van der Waals surface area contributed by atoms with Gasteiger partial charge in [-0.25, -0.2) is 0 Å². The molecule has 2 unspecified atom stereocenters. The van der Waals surface area contributed by atoms with E-state index >= 15 is 0 Å². The standard InChI is InChI=1S/C14H19NO4/c1-10(16)6-7-14(17)15-8-11-9-18-12-4-2-3-5-13(12)19-11/h2-5,10-11,16H,6-9H2,1H3,(H,15,17). The summed E-state index contributed by atoms with van der Waals surface area (Å²) in [6.07, 6.45) is 0.163. The number of hydrogen-bond donors (Lipinski definition) is 2. The van der Waals surface area contributed by atoms with Crippen LogP contribution in [0.25, 0.3) is 0 Å². The topological polar surface area (TPSA) is 67.8 Å². The second-order valence-electron chi connectivity index (χ2n) is 4.69. The number of nitrogens with one attached hydrogen (secondary N) is 1. The summed E-state index contributed by atoms with van der Waals surface area (Å²) in [7, 11) is 0. The zero-order chi connectivity index (χ0) is 13.7. The average Bonchev–Trinajstić information content (AvgIpc) is 2.42. The number of aliphatic hydroxyl groups is 1. The second-order valence-corrected chi connectivity index (χ2v) is 4.69. The highest BCUT2D eigenvalue weighted by Crippen LogP contribution is 2.30. The summed E-state index contributed by atoms with van der Waals surface area (Å²) in [6, 6.07) is 7.47. The second kappa shape index (κ2) is 6.43. The Morgan fingerprint density at radius 1 is 1.47 bits per heavy atom. The van der Waals surface area contributed by atoms with Crippen molar-refractivity contribution in [3.05, 3.63) is 24.3 Å². The van der Waals surface area contributed by atoms with E-state index in [1.54, 1.807) is 6.92 Å². The predicted molar refractivity (Wildman–Crippen MR) is 70.3 cm³/mol. The van der Waals surface area contributed by atoms with Crippen molar-refractivity contribution in [2.24, 2.45) is 0 Å². The molecule has 19 heavy (non-hydrogen) atoms. The van der Waals surface area contributed by atoms with Crippen molar-refractivity contribution >= 4 is 5.91 Å². The van der Waals surface area contributed by atoms with E-state index in [9.17, 15) is 4.79 Å². The van der Waals surface area contributed by atoms with Gasteiger partial charge in [0.2, 0.25) is 5.91 Å². The van der Waals surface area contributed by atoms with Crippen LogP contribution in [0.4, 0.5) is 0 Å². The van der Waals surface area contributed by atoms with Crippen LogP contribution in [0.3, 0.4) is 0 Å². The fourth-order valence-electron chi connectivity index (χ4n) is 1.82. The molecule has 0 aliphatic carbocycles. The number of hydrogen-bond acceptors (Lipinski definition) is 4. The lowest BCUT2D eigenvalue weighted by Crippen LogP contribution is -2.40. The Kier molecular flexibility index (Phi) is 4.63. The number of benzene rings is 1. The monoisotopic (exact) mass is 265 g/mol. The number of rotatable bonds is 5. The molecule has 0 spiro atoms. The summed E-state index contributed by atoms with van der Waals surface area (Å²) >= 11 is 0. The molecular weight excluding hydrogens is 246 g/mol. The maximum Gasteiger partial charge on any atom is 0.220 e. The van der Waals surface area contributed by atoms with Gasteiger partial charge in [0, 0.05) is 6.42 Å². The smallest absolute Gasteiger partial charge is 0.220 e. The Bertz CT molecular complexity index is 433. The molecule has 104 valence electrons. The van der Waals surface area contributed by atoms with Gasteiger partial charge in [0.05, 0.1) is 12.6 Å². The van der Waals surface area contributed by atoms with Crippen molar-refractivity contribution in [1.82, 2.24) is 5.32 Å². The van der Waals surface area contributed by atoms with Crippen LogP contribution < -0.4 is 14.8 Å². The quantitative estimate of drug-likeness (QED) is 0.836. The van der Waals surface area contributed by atoms with Gasteiger partial charge in [-0.3, -0.25) is 4.79 Å². The van der Waals surface area contributed by atoms with E-state index in [1.165, 1.54) is 0 Å². The average molecular weight is 265 g/mol. The molecule has 5 nitrogen and oxygen atoms in total. The van der Waals surface area contributed by atoms with Crippen molar-refractivity contribution in [2.45, 2.75) is 32.0 Å². The molecule has 1 aliphatic rings. The fourth-order valence-corrected chi connectivity index (χ4v) is 1.82. The predicted octanol–water partition coefficient (Wildman–Crippen LogP) is 1.10. The Balaban J connectivity index is 1.75. The zero-order valence-electron chi connectivity index (χ0n) is 11.0. The normalized spacial score (nSPS) is 18.7. The van der Waals surface area contributed by atoms with Crippen molar-refractivity contribution < 1.29 is 19.4 Å². The highest BCUT2D eigenvalue weighted by atomic mass is 16.6. The molecular formula is C14H19NO4. The van der Waals surface area contributed by atoms with Crippen LogP contribution in [0.15, 0.2) is 24.3 Å². The van der Waals surface area contributed by atoms with Crippen molar-refractivity contribution in [3.8, 4) is 11.5 Å². The maximum absolute atomic E-state index is 11.5. The summed E-state index contributed by atoms with van der Waals surface area (Å²) in [5.74, 6) is 1.36. The molecule has 2 rings (SSSR count). The summed E-state index contributed by atoms with van der Waals surface area (Å²) < 4.78 is 11.3. The molecule has 0 saturated heterocycles. The minimum atomic E-state index is -0.452. The van der Waals surface area contributed by atoms with E-state index in [-0.39, 0.29) is 12.0 Å². The third kappa shape index (κ3) is 4.13. The number of para-hydroxylation sites is 2. The van der Waals surface area contributed by atoms with Gasteiger partial charge < -0.3 is 19.9 Å². The number of ether oxygens (including phenoxy) is 2. The Morgan fingerprint density at radius 3 is 2.95 bits per heavy atom. The summed E-state index contributed by atoms with van der Waals surface area (Å²) in [5.41, 5.74) is 0. The molecule has 2 atom stereocenters.